The number of halogens is 2. The van der Waals surface area contributed by atoms with Gasteiger partial charge in [0.05, 0.1) is 16.8 Å². The molecule has 19 heavy (non-hydrogen) atoms. The van der Waals surface area contributed by atoms with Crippen LogP contribution < -0.4 is 10.6 Å². The van der Waals surface area contributed by atoms with Crippen LogP contribution in [-0.4, -0.2) is 23.8 Å². The molecule has 0 radical (unpaired) electrons. The van der Waals surface area contributed by atoms with Crippen molar-refractivity contribution in [2.45, 2.75) is 26.4 Å². The fourth-order valence-electron chi connectivity index (χ4n) is 1.69. The largest absolute Gasteiger partial charge is 0.393 e. The van der Waals surface area contributed by atoms with E-state index in [0.29, 0.717) is 28.7 Å². The molecule has 0 aliphatic carbocycles. The van der Waals surface area contributed by atoms with Crippen molar-refractivity contribution >= 4 is 34.9 Å². The van der Waals surface area contributed by atoms with Gasteiger partial charge in [-0.2, -0.15) is 0 Å². The maximum absolute atomic E-state index is 11.7. The Balaban J connectivity index is 2.43. The van der Waals surface area contributed by atoms with E-state index in [2.05, 4.69) is 10.6 Å². The maximum atomic E-state index is 11.7. The molecular weight excluding hydrogens is 287 g/mol. The van der Waals surface area contributed by atoms with E-state index in [1.54, 1.807) is 25.1 Å². The average molecular weight is 305 g/mol. The Morgan fingerprint density at radius 1 is 1.37 bits per heavy atom. The van der Waals surface area contributed by atoms with Gasteiger partial charge in [0.2, 0.25) is 0 Å². The molecule has 1 aromatic rings. The molecule has 0 aliphatic heterocycles. The predicted octanol–water partition coefficient (Wildman–Crippen LogP) is 3.52. The predicted molar refractivity (Wildman–Crippen MR) is 78.9 cm³/mol. The quantitative estimate of drug-likeness (QED) is 0.779. The van der Waals surface area contributed by atoms with E-state index in [0.717, 1.165) is 0 Å². The van der Waals surface area contributed by atoms with Crippen LogP contribution in [0.5, 0.6) is 0 Å². The third kappa shape index (κ3) is 6.14. The summed E-state index contributed by atoms with van der Waals surface area (Å²) in [4.78, 5) is 11.7. The van der Waals surface area contributed by atoms with Crippen LogP contribution in [-0.2, 0) is 0 Å². The zero-order valence-corrected chi connectivity index (χ0v) is 12.4. The van der Waals surface area contributed by atoms with Crippen LogP contribution in [0.3, 0.4) is 0 Å². The number of hydrogen-bond donors (Lipinski definition) is 3. The second-order valence-corrected chi connectivity index (χ2v) is 5.49. The molecular formula is C13H18Cl2N2O2. The number of rotatable bonds is 5. The van der Waals surface area contributed by atoms with E-state index in [1.807, 2.05) is 6.92 Å². The Bertz CT molecular complexity index is 439. The Morgan fingerprint density at radius 2 is 2.05 bits per heavy atom. The van der Waals surface area contributed by atoms with Gasteiger partial charge in [-0.1, -0.05) is 30.1 Å². The number of amides is 2. The molecule has 6 heteroatoms. The summed E-state index contributed by atoms with van der Waals surface area (Å²) in [6, 6.07) is 4.53. The fourth-order valence-corrected chi connectivity index (χ4v) is 2.15. The van der Waals surface area contributed by atoms with Crippen LogP contribution in [0.4, 0.5) is 10.5 Å². The first kappa shape index (κ1) is 16.1. The molecule has 0 saturated heterocycles. The highest BCUT2D eigenvalue weighted by atomic mass is 35.5. The van der Waals surface area contributed by atoms with Gasteiger partial charge < -0.3 is 15.7 Å². The van der Waals surface area contributed by atoms with E-state index in [4.69, 9.17) is 23.2 Å². The summed E-state index contributed by atoms with van der Waals surface area (Å²) < 4.78 is 0. The zero-order valence-electron chi connectivity index (χ0n) is 10.9. The minimum absolute atomic E-state index is 0.200. The van der Waals surface area contributed by atoms with Gasteiger partial charge in [-0.15, -0.1) is 0 Å². The summed E-state index contributed by atoms with van der Waals surface area (Å²) in [7, 11) is 0. The minimum Gasteiger partial charge on any atom is -0.393 e. The third-order valence-electron chi connectivity index (χ3n) is 2.53. The number of aliphatic hydroxyl groups is 1. The molecule has 106 valence electrons. The molecule has 0 saturated carbocycles. The topological polar surface area (TPSA) is 61.4 Å². The lowest BCUT2D eigenvalue weighted by molar-refractivity contribution is 0.163. The van der Waals surface area contributed by atoms with Crippen molar-refractivity contribution in [2.24, 2.45) is 5.92 Å². The van der Waals surface area contributed by atoms with E-state index in [9.17, 15) is 9.90 Å². The van der Waals surface area contributed by atoms with Gasteiger partial charge >= 0.3 is 6.03 Å². The Morgan fingerprint density at radius 3 is 2.63 bits per heavy atom. The number of anilines is 1. The molecule has 3 N–H and O–H groups in total. The van der Waals surface area contributed by atoms with Gasteiger partial charge in [-0.3, -0.25) is 0 Å². The highest BCUT2D eigenvalue weighted by Gasteiger charge is 2.09. The molecule has 1 rings (SSSR count). The zero-order chi connectivity index (χ0) is 14.4. The number of carbonyl (C=O) groups is 1. The SMILES string of the molecule is CC(O)CC(C)CNC(=O)Nc1ccc(Cl)cc1Cl. The van der Waals surface area contributed by atoms with Gasteiger partial charge in [0.15, 0.2) is 0 Å². The molecule has 1 aromatic carbocycles. The number of nitrogens with one attached hydrogen (secondary N) is 2. The first-order chi connectivity index (χ1) is 8.88. The van der Waals surface area contributed by atoms with E-state index < -0.39 is 0 Å². The molecule has 0 aromatic heterocycles. The minimum atomic E-state index is -0.370. The summed E-state index contributed by atoms with van der Waals surface area (Å²) in [6.45, 7) is 4.17. The van der Waals surface area contributed by atoms with Crippen molar-refractivity contribution < 1.29 is 9.90 Å². The molecule has 4 nitrogen and oxygen atoms in total. The molecule has 2 atom stereocenters. The van der Waals surface area contributed by atoms with Crippen LogP contribution in [0.25, 0.3) is 0 Å². The molecule has 0 fully saturated rings. The van der Waals surface area contributed by atoms with E-state index >= 15 is 0 Å². The van der Waals surface area contributed by atoms with Gasteiger partial charge in [0.1, 0.15) is 0 Å². The Hall–Kier alpha value is -0.970. The normalized spacial score (nSPS) is 13.7. The van der Waals surface area contributed by atoms with Crippen molar-refractivity contribution in [2.75, 3.05) is 11.9 Å². The van der Waals surface area contributed by atoms with Crippen molar-refractivity contribution in [3.05, 3.63) is 28.2 Å². The van der Waals surface area contributed by atoms with Crippen LogP contribution in [0.15, 0.2) is 18.2 Å². The standard InChI is InChI=1S/C13H18Cl2N2O2/c1-8(5-9(2)18)7-16-13(19)17-12-4-3-10(14)6-11(12)15/h3-4,6,8-9,18H,5,7H2,1-2H3,(H2,16,17,19). The second kappa shape index (κ2) is 7.58. The molecule has 0 aliphatic rings. The molecule has 0 spiro atoms. The first-order valence-corrected chi connectivity index (χ1v) is 6.82. The summed E-state index contributed by atoms with van der Waals surface area (Å²) in [5.41, 5.74) is 0.506. The second-order valence-electron chi connectivity index (χ2n) is 4.65. The van der Waals surface area contributed by atoms with Gasteiger partial charge in [-0.25, -0.2) is 4.79 Å². The van der Waals surface area contributed by atoms with E-state index in [1.165, 1.54) is 0 Å². The highest BCUT2D eigenvalue weighted by molar-refractivity contribution is 6.36. The average Bonchev–Trinajstić information content (AvgIpc) is 2.29. The van der Waals surface area contributed by atoms with Crippen molar-refractivity contribution in [1.82, 2.24) is 5.32 Å². The van der Waals surface area contributed by atoms with Gasteiger partial charge in [0, 0.05) is 11.6 Å². The number of urea groups is 1. The number of carbonyl (C=O) groups excluding carboxylic acids is 1. The highest BCUT2D eigenvalue weighted by Crippen LogP contribution is 2.25. The van der Waals surface area contributed by atoms with Crippen LogP contribution >= 0.6 is 23.2 Å². The maximum Gasteiger partial charge on any atom is 0.319 e. The third-order valence-corrected chi connectivity index (χ3v) is 3.08. The van der Waals surface area contributed by atoms with Crippen LogP contribution in [0.2, 0.25) is 10.0 Å². The first-order valence-electron chi connectivity index (χ1n) is 6.06. The number of hydrogen-bond acceptors (Lipinski definition) is 2. The number of aliphatic hydroxyl groups excluding tert-OH is 1. The lowest BCUT2D eigenvalue weighted by atomic mass is 10.1. The summed E-state index contributed by atoms with van der Waals surface area (Å²) in [5, 5.41) is 15.5. The lowest BCUT2D eigenvalue weighted by Gasteiger charge is -2.15. The van der Waals surface area contributed by atoms with Crippen molar-refractivity contribution in [3.8, 4) is 0 Å². The lowest BCUT2D eigenvalue weighted by Crippen LogP contribution is -2.33. The smallest absolute Gasteiger partial charge is 0.319 e. The number of benzene rings is 1. The molecule has 2 unspecified atom stereocenters. The van der Waals surface area contributed by atoms with Gasteiger partial charge in [0.25, 0.3) is 0 Å². The van der Waals surface area contributed by atoms with E-state index in [-0.39, 0.29) is 18.1 Å². The summed E-state index contributed by atoms with van der Waals surface area (Å²) >= 11 is 11.7. The monoisotopic (exact) mass is 304 g/mol. The Kier molecular flexibility index (Phi) is 6.42. The molecule has 2 amide bonds. The van der Waals surface area contributed by atoms with Gasteiger partial charge in [-0.05, 0) is 37.5 Å². The molecule has 0 bridgehead atoms. The van der Waals surface area contributed by atoms with Crippen molar-refractivity contribution in [1.29, 1.82) is 0 Å². The summed E-state index contributed by atoms with van der Waals surface area (Å²) in [5.74, 6) is 0.200. The summed E-state index contributed by atoms with van der Waals surface area (Å²) in [6.07, 6.45) is 0.271. The Labute approximate surface area is 123 Å². The van der Waals surface area contributed by atoms with Crippen molar-refractivity contribution in [3.63, 3.8) is 0 Å². The molecule has 0 heterocycles. The van der Waals surface area contributed by atoms with Crippen LogP contribution in [0, 0.1) is 5.92 Å². The fraction of sp³-hybridized carbons (Fsp3) is 0.462. The van der Waals surface area contributed by atoms with Crippen LogP contribution in [0.1, 0.15) is 20.3 Å².